The number of rotatable bonds is 4. The van der Waals surface area contributed by atoms with Gasteiger partial charge in [0.15, 0.2) is 5.82 Å². The van der Waals surface area contributed by atoms with Gasteiger partial charge in [0.1, 0.15) is 11.4 Å². The number of anilines is 1. The topological polar surface area (TPSA) is 47.0 Å². The molecular formula is C15H18IN3O. The second kappa shape index (κ2) is 6.05. The monoisotopic (exact) mass is 383 g/mol. The number of ether oxygens (including phenoxy) is 1. The van der Waals surface area contributed by atoms with Gasteiger partial charge in [0.25, 0.3) is 0 Å². The van der Waals surface area contributed by atoms with E-state index in [1.807, 2.05) is 51.2 Å². The molecule has 5 heteroatoms. The number of hydrogen-bond acceptors (Lipinski definition) is 4. The Morgan fingerprint density at radius 2 is 1.80 bits per heavy atom. The highest BCUT2D eigenvalue weighted by atomic mass is 127. The van der Waals surface area contributed by atoms with Crippen LogP contribution in [0.1, 0.15) is 19.7 Å². The smallest absolute Gasteiger partial charge is 0.162 e. The van der Waals surface area contributed by atoms with Gasteiger partial charge >= 0.3 is 0 Å². The minimum absolute atomic E-state index is 0.528. The van der Waals surface area contributed by atoms with E-state index in [4.69, 9.17) is 9.72 Å². The summed E-state index contributed by atoms with van der Waals surface area (Å²) in [5.41, 5.74) is 1.47. The summed E-state index contributed by atoms with van der Waals surface area (Å²) in [6.07, 6.45) is 0. The molecule has 106 valence electrons. The Kier molecular flexibility index (Phi) is 4.59. The second-order valence-electron chi connectivity index (χ2n) is 4.89. The first-order valence-electron chi connectivity index (χ1n) is 6.36. The lowest BCUT2D eigenvalue weighted by molar-refractivity contribution is 0.0116. The maximum atomic E-state index is 5.50. The molecule has 2 aromatic rings. The van der Waals surface area contributed by atoms with Crippen LogP contribution in [-0.2, 0) is 10.3 Å². The maximum absolute atomic E-state index is 5.50. The summed E-state index contributed by atoms with van der Waals surface area (Å²) >= 11 is 2.27. The molecule has 0 saturated heterocycles. The first-order valence-corrected chi connectivity index (χ1v) is 7.44. The molecule has 0 aliphatic carbocycles. The fourth-order valence-corrected chi connectivity index (χ4v) is 2.58. The van der Waals surface area contributed by atoms with Crippen LogP contribution in [0.2, 0.25) is 0 Å². The molecule has 4 nitrogen and oxygen atoms in total. The van der Waals surface area contributed by atoms with E-state index in [1.165, 1.54) is 0 Å². The van der Waals surface area contributed by atoms with Gasteiger partial charge in [-0.05, 0) is 36.4 Å². The van der Waals surface area contributed by atoms with Crippen molar-refractivity contribution in [2.75, 3.05) is 19.5 Å². The Balaban J connectivity index is 2.65. The van der Waals surface area contributed by atoms with Crippen LogP contribution >= 0.6 is 22.6 Å². The molecule has 0 spiro atoms. The van der Waals surface area contributed by atoms with Crippen molar-refractivity contribution in [3.05, 3.63) is 39.7 Å². The third kappa shape index (κ3) is 2.93. The lowest BCUT2D eigenvalue weighted by Crippen LogP contribution is -2.24. The van der Waals surface area contributed by atoms with E-state index in [-0.39, 0.29) is 0 Å². The average Bonchev–Trinajstić information content (AvgIpc) is 2.48. The molecule has 0 aliphatic rings. The lowest BCUT2D eigenvalue weighted by Gasteiger charge is -2.23. The third-order valence-corrected chi connectivity index (χ3v) is 4.21. The molecule has 1 aromatic carbocycles. The van der Waals surface area contributed by atoms with Crippen LogP contribution in [0.3, 0.4) is 0 Å². The third-order valence-electron chi connectivity index (χ3n) is 3.18. The fourth-order valence-electron chi connectivity index (χ4n) is 1.76. The van der Waals surface area contributed by atoms with Gasteiger partial charge < -0.3 is 10.1 Å². The SMILES string of the molecule is CNc1nc(C(C)(C)OC)nc(-c2ccccc2)c1I. The number of benzene rings is 1. The minimum Gasteiger partial charge on any atom is -0.372 e. The molecule has 0 bridgehead atoms. The summed E-state index contributed by atoms with van der Waals surface area (Å²) in [4.78, 5) is 9.27. The summed E-state index contributed by atoms with van der Waals surface area (Å²) in [5.74, 6) is 1.49. The number of nitrogens with one attached hydrogen (secondary N) is 1. The number of aromatic nitrogens is 2. The average molecular weight is 383 g/mol. The highest BCUT2D eigenvalue weighted by molar-refractivity contribution is 14.1. The molecule has 0 aliphatic heterocycles. The van der Waals surface area contributed by atoms with Crippen molar-refractivity contribution >= 4 is 28.4 Å². The van der Waals surface area contributed by atoms with Crippen molar-refractivity contribution in [1.82, 2.24) is 9.97 Å². The highest BCUT2D eigenvalue weighted by Gasteiger charge is 2.26. The Bertz CT molecular complexity index is 600. The minimum atomic E-state index is -0.528. The van der Waals surface area contributed by atoms with Gasteiger partial charge in [0.05, 0.1) is 9.26 Å². The number of nitrogens with zero attached hydrogens (tertiary/aromatic N) is 2. The number of methoxy groups -OCH3 is 1. The predicted octanol–water partition coefficient (Wildman–Crippen LogP) is 3.67. The zero-order chi connectivity index (χ0) is 14.8. The summed E-state index contributed by atoms with van der Waals surface area (Å²) in [5, 5.41) is 3.13. The Labute approximate surface area is 133 Å². The van der Waals surface area contributed by atoms with E-state index in [0.717, 1.165) is 20.6 Å². The summed E-state index contributed by atoms with van der Waals surface area (Å²) in [6, 6.07) is 10.1. The van der Waals surface area contributed by atoms with Crippen molar-refractivity contribution in [3.8, 4) is 11.3 Å². The van der Waals surface area contributed by atoms with Crippen LogP contribution in [0.25, 0.3) is 11.3 Å². The van der Waals surface area contributed by atoms with Gasteiger partial charge in [-0.2, -0.15) is 0 Å². The molecule has 1 aromatic heterocycles. The van der Waals surface area contributed by atoms with Crippen LogP contribution in [0.15, 0.2) is 30.3 Å². The predicted molar refractivity (Wildman–Crippen MR) is 89.8 cm³/mol. The molecule has 0 radical (unpaired) electrons. The highest BCUT2D eigenvalue weighted by Crippen LogP contribution is 2.31. The van der Waals surface area contributed by atoms with Crippen LogP contribution < -0.4 is 5.32 Å². The molecule has 1 heterocycles. The molecule has 0 saturated carbocycles. The van der Waals surface area contributed by atoms with Crippen LogP contribution in [0.4, 0.5) is 5.82 Å². The molecule has 20 heavy (non-hydrogen) atoms. The molecule has 0 atom stereocenters. The number of halogens is 1. The Hall–Kier alpha value is -1.21. The van der Waals surface area contributed by atoms with E-state index in [1.54, 1.807) is 7.11 Å². The van der Waals surface area contributed by atoms with Gasteiger partial charge in [-0.1, -0.05) is 30.3 Å². The summed E-state index contributed by atoms with van der Waals surface area (Å²) in [6.45, 7) is 3.92. The second-order valence-corrected chi connectivity index (χ2v) is 5.97. The van der Waals surface area contributed by atoms with Crippen molar-refractivity contribution in [3.63, 3.8) is 0 Å². The lowest BCUT2D eigenvalue weighted by atomic mass is 10.1. The van der Waals surface area contributed by atoms with Gasteiger partial charge in [0.2, 0.25) is 0 Å². The Morgan fingerprint density at radius 3 is 2.35 bits per heavy atom. The van der Waals surface area contributed by atoms with Crippen molar-refractivity contribution in [1.29, 1.82) is 0 Å². The molecule has 0 amide bonds. The zero-order valence-electron chi connectivity index (χ0n) is 12.1. The molecular weight excluding hydrogens is 365 g/mol. The van der Waals surface area contributed by atoms with Crippen LogP contribution in [0, 0.1) is 3.57 Å². The summed E-state index contributed by atoms with van der Waals surface area (Å²) in [7, 11) is 3.53. The van der Waals surface area contributed by atoms with Gasteiger partial charge in [-0.25, -0.2) is 9.97 Å². The Morgan fingerprint density at radius 1 is 1.15 bits per heavy atom. The first-order chi connectivity index (χ1) is 9.49. The number of hydrogen-bond donors (Lipinski definition) is 1. The van der Waals surface area contributed by atoms with Crippen molar-refractivity contribution in [2.24, 2.45) is 0 Å². The van der Waals surface area contributed by atoms with E-state index in [2.05, 4.69) is 32.9 Å². The van der Waals surface area contributed by atoms with Crippen LogP contribution in [-0.4, -0.2) is 24.1 Å². The van der Waals surface area contributed by atoms with Gasteiger partial charge in [-0.15, -0.1) is 0 Å². The molecule has 0 unspecified atom stereocenters. The molecule has 0 fully saturated rings. The maximum Gasteiger partial charge on any atom is 0.162 e. The van der Waals surface area contributed by atoms with Gasteiger partial charge in [0, 0.05) is 19.7 Å². The quantitative estimate of drug-likeness (QED) is 0.819. The van der Waals surface area contributed by atoms with Crippen LogP contribution in [0.5, 0.6) is 0 Å². The standard InChI is InChI=1S/C15H18IN3O/c1-15(2,20-4)14-18-12(10-8-6-5-7-9-10)11(16)13(17-3)19-14/h5-9H,1-4H3,(H,17,18,19). The van der Waals surface area contributed by atoms with E-state index < -0.39 is 5.60 Å². The van der Waals surface area contributed by atoms with Crippen molar-refractivity contribution in [2.45, 2.75) is 19.4 Å². The summed E-state index contributed by atoms with van der Waals surface area (Å²) < 4.78 is 6.51. The molecule has 1 N–H and O–H groups in total. The fraction of sp³-hybridized carbons (Fsp3) is 0.333. The zero-order valence-corrected chi connectivity index (χ0v) is 14.2. The van der Waals surface area contributed by atoms with Crippen molar-refractivity contribution < 1.29 is 4.74 Å². The van der Waals surface area contributed by atoms with E-state index >= 15 is 0 Å². The van der Waals surface area contributed by atoms with Gasteiger partial charge in [-0.3, -0.25) is 0 Å². The largest absolute Gasteiger partial charge is 0.372 e. The first kappa shape index (κ1) is 15.2. The van der Waals surface area contributed by atoms with E-state index in [9.17, 15) is 0 Å². The normalized spacial score (nSPS) is 11.4. The molecule has 2 rings (SSSR count). The van der Waals surface area contributed by atoms with E-state index in [0.29, 0.717) is 5.82 Å².